The van der Waals surface area contributed by atoms with Crippen molar-refractivity contribution in [2.45, 2.75) is 42.7 Å². The van der Waals surface area contributed by atoms with E-state index in [0.29, 0.717) is 10.3 Å². The second-order valence-electron chi connectivity index (χ2n) is 9.23. The van der Waals surface area contributed by atoms with Gasteiger partial charge in [-0.1, -0.05) is 35.3 Å². The lowest BCUT2D eigenvalue weighted by Gasteiger charge is -2.44. The summed E-state index contributed by atoms with van der Waals surface area (Å²) in [6, 6.07) is 6.67. The van der Waals surface area contributed by atoms with Crippen molar-refractivity contribution in [2.24, 2.45) is 5.41 Å². The SMILES string of the molecule is COC(=O)N[C@@H]1CC23C(=O)C(c4cc(Cl)nc(Cl)c4)(C(=O)[C@]2(Cc2ccc(OC(F)(F)F)cc2)C1)[N+]3=[N-]. The van der Waals surface area contributed by atoms with Gasteiger partial charge in [-0.25, -0.2) is 9.78 Å². The number of carbonyl (C=O) groups is 3. The number of nitrogens with one attached hydrogen (secondary N) is 1. The Kier molecular flexibility index (Phi) is 5.58. The van der Waals surface area contributed by atoms with Gasteiger partial charge in [-0.05, 0) is 42.7 Å². The quantitative estimate of drug-likeness (QED) is 0.335. The number of hydrogen-bond donors (Lipinski definition) is 1. The van der Waals surface area contributed by atoms with Crippen LogP contribution in [0, 0.1) is 5.41 Å². The summed E-state index contributed by atoms with van der Waals surface area (Å²) < 4.78 is 47.0. The van der Waals surface area contributed by atoms with E-state index in [1.54, 1.807) is 0 Å². The molecule has 1 spiro atoms. The van der Waals surface area contributed by atoms with Gasteiger partial charge in [0.05, 0.1) is 7.11 Å². The average molecular weight is 557 g/mol. The molecule has 1 aromatic carbocycles. The molecule has 4 atom stereocenters. The lowest BCUT2D eigenvalue weighted by molar-refractivity contribution is -0.693. The molecule has 14 heteroatoms. The monoisotopic (exact) mass is 556 g/mol. The van der Waals surface area contributed by atoms with E-state index in [1.165, 1.54) is 24.3 Å². The highest BCUT2D eigenvalue weighted by atomic mass is 35.5. The molecule has 2 aliphatic carbocycles. The first-order chi connectivity index (χ1) is 17.3. The number of pyridine rings is 1. The van der Waals surface area contributed by atoms with Gasteiger partial charge in [0, 0.05) is 18.0 Å². The number of halogens is 5. The Labute approximate surface area is 217 Å². The number of rotatable bonds is 5. The van der Waals surface area contributed by atoms with Crippen molar-refractivity contribution in [3.63, 3.8) is 0 Å². The molecule has 1 N–H and O–H groups in total. The fourth-order valence-corrected chi connectivity index (χ4v) is 6.67. The molecule has 194 valence electrons. The number of ether oxygens (including phenoxy) is 2. The van der Waals surface area contributed by atoms with Crippen LogP contribution in [-0.2, 0) is 26.3 Å². The number of hydrogen-bond acceptors (Lipinski definition) is 6. The van der Waals surface area contributed by atoms with Crippen LogP contribution in [0.15, 0.2) is 36.4 Å². The molecule has 1 aromatic heterocycles. The zero-order chi connectivity index (χ0) is 27.0. The third-order valence-corrected chi connectivity index (χ3v) is 7.81. The molecule has 4 aliphatic rings. The third-order valence-electron chi connectivity index (χ3n) is 7.43. The average Bonchev–Trinajstić information content (AvgIpc) is 3.27. The summed E-state index contributed by atoms with van der Waals surface area (Å²) in [5.74, 6) is -1.70. The maximum Gasteiger partial charge on any atom is 0.573 e. The molecule has 0 radical (unpaired) electrons. The van der Waals surface area contributed by atoms with E-state index < -0.39 is 52.3 Å². The van der Waals surface area contributed by atoms with Crippen molar-refractivity contribution in [3.8, 4) is 5.75 Å². The van der Waals surface area contributed by atoms with Gasteiger partial charge in [-0.2, -0.15) is 0 Å². The molecule has 4 fully saturated rings. The van der Waals surface area contributed by atoms with Gasteiger partial charge in [-0.3, -0.25) is 14.3 Å². The van der Waals surface area contributed by atoms with E-state index in [4.69, 9.17) is 23.2 Å². The summed E-state index contributed by atoms with van der Waals surface area (Å²) in [6.07, 6.45) is -5.93. The first kappa shape index (κ1) is 25.4. The van der Waals surface area contributed by atoms with Gasteiger partial charge in [0.25, 0.3) is 5.78 Å². The Morgan fingerprint density at radius 2 is 1.78 bits per heavy atom. The molecule has 9 nitrogen and oxygen atoms in total. The van der Waals surface area contributed by atoms with Crippen molar-refractivity contribution in [1.29, 1.82) is 0 Å². The van der Waals surface area contributed by atoms with Crippen LogP contribution in [0.2, 0.25) is 10.3 Å². The van der Waals surface area contributed by atoms with Crippen molar-refractivity contribution in [2.75, 3.05) is 7.11 Å². The number of methoxy groups -OCH3 is 1. The maximum atomic E-state index is 14.2. The number of carbonyl (C=O) groups excluding carboxylic acids is 3. The third kappa shape index (κ3) is 3.38. The van der Waals surface area contributed by atoms with Crippen molar-refractivity contribution < 1.29 is 41.7 Å². The van der Waals surface area contributed by atoms with Crippen LogP contribution in [0.5, 0.6) is 5.75 Å². The molecule has 6 rings (SSSR count). The largest absolute Gasteiger partial charge is 0.573 e. The number of ketones is 2. The van der Waals surface area contributed by atoms with Gasteiger partial charge < -0.3 is 20.3 Å². The van der Waals surface area contributed by atoms with Gasteiger partial charge in [0.15, 0.2) is 0 Å². The molecule has 37 heavy (non-hydrogen) atoms. The smallest absolute Gasteiger partial charge is 0.504 e. The Balaban J connectivity index is 1.58. The molecular formula is C23H17Cl2F3N4O5. The first-order valence-corrected chi connectivity index (χ1v) is 11.7. The van der Waals surface area contributed by atoms with E-state index in [1.807, 2.05) is 0 Å². The Morgan fingerprint density at radius 1 is 1.16 bits per heavy atom. The second kappa shape index (κ2) is 8.12. The minimum Gasteiger partial charge on any atom is -0.504 e. The normalized spacial score (nSPS) is 30.1. The summed E-state index contributed by atoms with van der Waals surface area (Å²) >= 11 is 12.0. The van der Waals surface area contributed by atoms with Crippen molar-refractivity contribution >= 4 is 40.9 Å². The highest BCUT2D eigenvalue weighted by Gasteiger charge is 2.96. The number of alkyl halides is 3. The first-order valence-electron chi connectivity index (χ1n) is 10.9. The van der Waals surface area contributed by atoms with E-state index in [-0.39, 0.29) is 35.1 Å². The Hall–Kier alpha value is -3.25. The highest BCUT2D eigenvalue weighted by molar-refractivity contribution is 6.33. The van der Waals surface area contributed by atoms with Crippen molar-refractivity contribution in [1.82, 2.24) is 10.3 Å². The van der Waals surface area contributed by atoms with Crippen LogP contribution < -0.4 is 10.1 Å². The maximum absolute atomic E-state index is 14.2. The minimum atomic E-state index is -4.88. The second-order valence-corrected chi connectivity index (χ2v) is 10.0. The number of nitrogens with zero attached hydrogens (tertiary/aromatic N) is 3. The Morgan fingerprint density at radius 3 is 2.32 bits per heavy atom. The van der Waals surface area contributed by atoms with Crippen LogP contribution >= 0.6 is 23.2 Å². The summed E-state index contributed by atoms with van der Waals surface area (Å²) in [5.41, 5.74) is 6.47. The van der Waals surface area contributed by atoms with Crippen LogP contribution in [0.25, 0.3) is 5.53 Å². The minimum absolute atomic E-state index is 0.0424. The summed E-state index contributed by atoms with van der Waals surface area (Å²) in [4.78, 5) is 43.8. The summed E-state index contributed by atoms with van der Waals surface area (Å²) in [6.45, 7) is 0. The lowest BCUT2D eigenvalue weighted by Crippen LogP contribution is -2.70. The predicted molar refractivity (Wildman–Crippen MR) is 120 cm³/mol. The Bertz CT molecular complexity index is 1330. The molecule has 2 aliphatic heterocycles. The number of benzene rings is 1. The van der Waals surface area contributed by atoms with Crippen LogP contribution in [0.3, 0.4) is 0 Å². The van der Waals surface area contributed by atoms with Crippen molar-refractivity contribution in [3.05, 3.63) is 63.4 Å². The molecule has 2 aromatic rings. The molecule has 3 heterocycles. The van der Waals surface area contributed by atoms with E-state index >= 15 is 0 Å². The number of aromatic nitrogens is 1. The zero-order valence-corrected chi connectivity index (χ0v) is 20.4. The fraction of sp³-hybridized carbons (Fsp3) is 0.391. The predicted octanol–water partition coefficient (Wildman–Crippen LogP) is 4.17. The molecule has 2 bridgehead atoms. The number of alkyl carbamates (subject to hydrolysis) is 1. The van der Waals surface area contributed by atoms with Gasteiger partial charge in [0.1, 0.15) is 21.5 Å². The molecular weight excluding hydrogens is 540 g/mol. The standard InChI is InChI=1S/C23H17Cl2F3N4O5/c1-36-19(35)30-13-9-20(8-11-2-4-14(5-3-11)37-23(26,27)28)17(33)22(12-6-15(24)31-16(25)7-12)18(34)21(20,10-13)32(22)29/h2-7,13H,8-10H2,1H3,(H,30,35)/t13-,20-,21?,22?/m0/s1. The van der Waals surface area contributed by atoms with Gasteiger partial charge in [0.2, 0.25) is 11.3 Å². The van der Waals surface area contributed by atoms with Crippen LogP contribution in [0.1, 0.15) is 24.0 Å². The van der Waals surface area contributed by atoms with E-state index in [9.17, 15) is 33.1 Å². The lowest BCUT2D eigenvalue weighted by atomic mass is 9.68. The topological polar surface area (TPSA) is 120 Å². The molecule has 1 amide bonds. The van der Waals surface area contributed by atoms with E-state index in [0.717, 1.165) is 19.2 Å². The summed E-state index contributed by atoms with van der Waals surface area (Å²) in [7, 11) is 1.16. The van der Waals surface area contributed by atoms with Crippen LogP contribution in [0.4, 0.5) is 18.0 Å². The molecule has 2 unspecified atom stereocenters. The van der Waals surface area contributed by atoms with Gasteiger partial charge in [-0.15, -0.1) is 13.2 Å². The molecule has 2 saturated heterocycles. The number of Topliss-reactive ketones (excluding diaryl/α,β-unsaturated/α-hetero) is 2. The van der Waals surface area contributed by atoms with Crippen LogP contribution in [-0.4, -0.2) is 52.4 Å². The van der Waals surface area contributed by atoms with E-state index in [2.05, 4.69) is 19.8 Å². The summed E-state index contributed by atoms with van der Waals surface area (Å²) in [5, 5.41) is 2.40. The zero-order valence-electron chi connectivity index (χ0n) is 18.9. The fourth-order valence-electron chi connectivity index (χ4n) is 6.21. The number of amides is 1. The molecule has 2 saturated carbocycles. The highest BCUT2D eigenvalue weighted by Crippen LogP contribution is 2.71. The van der Waals surface area contributed by atoms with Gasteiger partial charge >= 0.3 is 18.0 Å².